The SMILES string of the molecule is CNc1ncc([N+](=O)[O-])c(-c2cc(C)ccc2OC)n1. The van der Waals surface area contributed by atoms with Gasteiger partial charge in [-0.2, -0.15) is 0 Å². The second-order valence-corrected chi connectivity index (χ2v) is 4.14. The summed E-state index contributed by atoms with van der Waals surface area (Å²) >= 11 is 0. The summed E-state index contributed by atoms with van der Waals surface area (Å²) in [4.78, 5) is 18.7. The minimum absolute atomic E-state index is 0.159. The van der Waals surface area contributed by atoms with E-state index in [-0.39, 0.29) is 11.4 Å². The Bertz CT molecular complexity index is 658. The normalized spacial score (nSPS) is 10.2. The first-order chi connectivity index (χ1) is 9.56. The molecule has 2 aromatic rings. The molecule has 0 saturated heterocycles. The smallest absolute Gasteiger partial charge is 0.313 e. The van der Waals surface area contributed by atoms with Crippen molar-refractivity contribution in [1.29, 1.82) is 0 Å². The van der Waals surface area contributed by atoms with Crippen LogP contribution in [0.15, 0.2) is 24.4 Å². The Balaban J connectivity index is 2.72. The first-order valence-electron chi connectivity index (χ1n) is 5.91. The topological polar surface area (TPSA) is 90.2 Å². The second kappa shape index (κ2) is 5.52. The predicted octanol–water partition coefficient (Wildman–Crippen LogP) is 2.41. The zero-order chi connectivity index (χ0) is 14.7. The number of rotatable bonds is 4. The molecule has 104 valence electrons. The molecule has 0 unspecified atom stereocenters. The Morgan fingerprint density at radius 3 is 2.75 bits per heavy atom. The Hall–Kier alpha value is -2.70. The van der Waals surface area contributed by atoms with Gasteiger partial charge in [-0.1, -0.05) is 11.6 Å². The maximum absolute atomic E-state index is 11.1. The van der Waals surface area contributed by atoms with Gasteiger partial charge in [0.2, 0.25) is 5.95 Å². The van der Waals surface area contributed by atoms with Crippen molar-refractivity contribution in [3.63, 3.8) is 0 Å². The molecule has 1 heterocycles. The van der Waals surface area contributed by atoms with Crippen molar-refractivity contribution >= 4 is 11.6 Å². The zero-order valence-electron chi connectivity index (χ0n) is 11.4. The van der Waals surface area contributed by atoms with E-state index in [0.717, 1.165) is 5.56 Å². The number of nitrogens with zero attached hydrogens (tertiary/aromatic N) is 3. The van der Waals surface area contributed by atoms with E-state index in [9.17, 15) is 10.1 Å². The van der Waals surface area contributed by atoms with Crippen LogP contribution in [-0.4, -0.2) is 29.0 Å². The van der Waals surface area contributed by atoms with E-state index in [4.69, 9.17) is 4.74 Å². The highest BCUT2D eigenvalue weighted by atomic mass is 16.6. The van der Waals surface area contributed by atoms with Crippen LogP contribution in [0.3, 0.4) is 0 Å². The number of ether oxygens (including phenoxy) is 1. The van der Waals surface area contributed by atoms with Crippen molar-refractivity contribution in [3.05, 3.63) is 40.1 Å². The monoisotopic (exact) mass is 274 g/mol. The number of aryl methyl sites for hydroxylation is 1. The number of benzene rings is 1. The van der Waals surface area contributed by atoms with E-state index in [2.05, 4.69) is 15.3 Å². The molecule has 0 radical (unpaired) electrons. The highest BCUT2D eigenvalue weighted by molar-refractivity contribution is 5.75. The van der Waals surface area contributed by atoms with Gasteiger partial charge in [-0.15, -0.1) is 0 Å². The number of nitro groups is 1. The Morgan fingerprint density at radius 1 is 1.40 bits per heavy atom. The van der Waals surface area contributed by atoms with Crippen LogP contribution >= 0.6 is 0 Å². The molecule has 7 heteroatoms. The number of aromatic nitrogens is 2. The lowest BCUT2D eigenvalue weighted by molar-refractivity contribution is -0.384. The molecule has 0 aliphatic rings. The molecule has 0 spiro atoms. The van der Waals surface area contributed by atoms with Gasteiger partial charge in [0.15, 0.2) is 5.69 Å². The first kappa shape index (κ1) is 13.7. The van der Waals surface area contributed by atoms with Gasteiger partial charge in [-0.3, -0.25) is 10.1 Å². The van der Waals surface area contributed by atoms with E-state index in [0.29, 0.717) is 17.3 Å². The predicted molar refractivity (Wildman–Crippen MR) is 75.0 cm³/mol. The number of nitrogens with one attached hydrogen (secondary N) is 1. The van der Waals surface area contributed by atoms with Crippen molar-refractivity contribution in [1.82, 2.24) is 9.97 Å². The lowest BCUT2D eigenvalue weighted by Gasteiger charge is -2.10. The fourth-order valence-electron chi connectivity index (χ4n) is 1.83. The van der Waals surface area contributed by atoms with E-state index in [1.807, 2.05) is 13.0 Å². The maximum atomic E-state index is 11.1. The largest absolute Gasteiger partial charge is 0.496 e. The van der Waals surface area contributed by atoms with Crippen LogP contribution < -0.4 is 10.1 Å². The van der Waals surface area contributed by atoms with Gasteiger partial charge >= 0.3 is 5.69 Å². The lowest BCUT2D eigenvalue weighted by Crippen LogP contribution is -2.02. The maximum Gasteiger partial charge on any atom is 0.313 e. The molecule has 20 heavy (non-hydrogen) atoms. The van der Waals surface area contributed by atoms with Crippen molar-refractivity contribution in [2.24, 2.45) is 0 Å². The standard InChI is InChI=1S/C13H14N4O3/c1-8-4-5-11(20-3)9(6-8)12-10(17(18)19)7-15-13(14-2)16-12/h4-7H,1-3H3,(H,14,15,16). The minimum atomic E-state index is -0.503. The molecule has 0 amide bonds. The third-order valence-corrected chi connectivity index (χ3v) is 2.80. The summed E-state index contributed by atoms with van der Waals surface area (Å²) in [7, 11) is 3.17. The average molecular weight is 274 g/mol. The fraction of sp³-hybridized carbons (Fsp3) is 0.231. The van der Waals surface area contributed by atoms with Crippen LogP contribution in [0.1, 0.15) is 5.56 Å². The Morgan fingerprint density at radius 2 is 2.15 bits per heavy atom. The van der Waals surface area contributed by atoms with E-state index in [1.54, 1.807) is 19.2 Å². The number of hydrogen-bond donors (Lipinski definition) is 1. The molecule has 1 aromatic carbocycles. The summed E-state index contributed by atoms with van der Waals surface area (Å²) in [6, 6.07) is 5.43. The summed E-state index contributed by atoms with van der Waals surface area (Å²) in [6.07, 6.45) is 1.19. The molecule has 1 aromatic heterocycles. The van der Waals surface area contributed by atoms with Gasteiger partial charge in [0.25, 0.3) is 0 Å². The third kappa shape index (κ3) is 2.51. The van der Waals surface area contributed by atoms with Crippen LogP contribution in [0, 0.1) is 17.0 Å². The minimum Gasteiger partial charge on any atom is -0.496 e. The van der Waals surface area contributed by atoms with Crippen LogP contribution in [-0.2, 0) is 0 Å². The molecule has 2 rings (SSSR count). The van der Waals surface area contributed by atoms with Gasteiger partial charge in [-0.25, -0.2) is 9.97 Å². The van der Waals surface area contributed by atoms with Crippen molar-refractivity contribution in [3.8, 4) is 17.0 Å². The first-order valence-corrected chi connectivity index (χ1v) is 5.91. The summed E-state index contributed by atoms with van der Waals surface area (Å²) in [6.45, 7) is 1.90. The molecule has 0 atom stereocenters. The zero-order valence-corrected chi connectivity index (χ0v) is 11.4. The average Bonchev–Trinajstić information content (AvgIpc) is 2.46. The van der Waals surface area contributed by atoms with Crippen molar-refractivity contribution in [2.75, 3.05) is 19.5 Å². The Labute approximate surface area is 115 Å². The summed E-state index contributed by atoms with van der Waals surface area (Å²) in [5, 5.41) is 13.9. The Kier molecular flexibility index (Phi) is 3.79. The van der Waals surface area contributed by atoms with Crippen molar-refractivity contribution in [2.45, 2.75) is 6.92 Å². The number of hydrogen-bond acceptors (Lipinski definition) is 6. The molecule has 0 bridgehead atoms. The third-order valence-electron chi connectivity index (χ3n) is 2.80. The summed E-state index contributed by atoms with van der Waals surface area (Å²) in [5.41, 5.74) is 1.60. The van der Waals surface area contributed by atoms with Gasteiger partial charge in [0, 0.05) is 12.6 Å². The molecule has 0 fully saturated rings. The molecule has 0 saturated carbocycles. The second-order valence-electron chi connectivity index (χ2n) is 4.14. The summed E-state index contributed by atoms with van der Waals surface area (Å²) in [5.74, 6) is 0.841. The number of anilines is 1. The fourth-order valence-corrected chi connectivity index (χ4v) is 1.83. The van der Waals surface area contributed by atoms with E-state index < -0.39 is 4.92 Å². The summed E-state index contributed by atoms with van der Waals surface area (Å²) < 4.78 is 5.26. The van der Waals surface area contributed by atoms with Crippen molar-refractivity contribution < 1.29 is 9.66 Å². The van der Waals surface area contributed by atoms with Gasteiger partial charge < -0.3 is 10.1 Å². The molecular formula is C13H14N4O3. The highest BCUT2D eigenvalue weighted by Gasteiger charge is 2.21. The molecule has 1 N–H and O–H groups in total. The molecule has 0 aliphatic carbocycles. The van der Waals surface area contributed by atoms with Crippen LogP contribution in [0.4, 0.5) is 11.6 Å². The van der Waals surface area contributed by atoms with Gasteiger partial charge in [-0.05, 0) is 19.1 Å². The lowest BCUT2D eigenvalue weighted by atomic mass is 10.1. The van der Waals surface area contributed by atoms with Crippen LogP contribution in [0.2, 0.25) is 0 Å². The molecule has 7 nitrogen and oxygen atoms in total. The van der Waals surface area contributed by atoms with E-state index >= 15 is 0 Å². The molecular weight excluding hydrogens is 260 g/mol. The number of methoxy groups -OCH3 is 1. The van der Waals surface area contributed by atoms with Crippen LogP contribution in [0.25, 0.3) is 11.3 Å². The van der Waals surface area contributed by atoms with Crippen LogP contribution in [0.5, 0.6) is 5.75 Å². The molecule has 0 aliphatic heterocycles. The quantitative estimate of drug-likeness (QED) is 0.680. The highest BCUT2D eigenvalue weighted by Crippen LogP contribution is 2.35. The van der Waals surface area contributed by atoms with Gasteiger partial charge in [0.05, 0.1) is 12.0 Å². The van der Waals surface area contributed by atoms with Gasteiger partial charge in [0.1, 0.15) is 11.9 Å². The van der Waals surface area contributed by atoms with E-state index in [1.165, 1.54) is 13.3 Å².